The van der Waals surface area contributed by atoms with Crippen LogP contribution < -0.4 is 16.6 Å². The number of carbonyl (C=O) groups excluding carboxylic acids is 1. The summed E-state index contributed by atoms with van der Waals surface area (Å²) in [7, 11) is 0. The quantitative estimate of drug-likeness (QED) is 0.139. The summed E-state index contributed by atoms with van der Waals surface area (Å²) in [5, 5.41) is 3.84. The zero-order chi connectivity index (χ0) is 30.6. The van der Waals surface area contributed by atoms with Crippen LogP contribution in [0.3, 0.4) is 0 Å². The van der Waals surface area contributed by atoms with Gasteiger partial charge in [0.2, 0.25) is 0 Å². The number of ether oxygens (including phenoxy) is 2. The second kappa shape index (κ2) is 14.8. The van der Waals surface area contributed by atoms with Gasteiger partial charge in [0, 0.05) is 24.7 Å². The van der Waals surface area contributed by atoms with Gasteiger partial charge in [-0.25, -0.2) is 9.59 Å². The smallest absolute Gasteiger partial charge is 0.434 e. The maximum absolute atomic E-state index is 12.5. The van der Waals surface area contributed by atoms with Crippen molar-refractivity contribution in [2.75, 3.05) is 13.2 Å². The normalized spacial score (nSPS) is 11.9. The Balaban J connectivity index is 1.37. The first-order valence-electron chi connectivity index (χ1n) is 14.6. The fraction of sp³-hybridized carbons (Fsp3) is 0.194. The fourth-order valence-electron chi connectivity index (χ4n) is 5.37. The summed E-state index contributed by atoms with van der Waals surface area (Å²) < 4.78 is 12.2. The molecule has 1 aromatic heterocycles. The highest BCUT2D eigenvalue weighted by Gasteiger charge is 2.35. The Kier molecular flexibility index (Phi) is 10.2. The highest BCUT2D eigenvalue weighted by molar-refractivity contribution is 5.59. The fourth-order valence-corrected chi connectivity index (χ4v) is 5.37. The minimum absolute atomic E-state index is 0.0237. The van der Waals surface area contributed by atoms with Crippen molar-refractivity contribution in [1.29, 1.82) is 0 Å². The zero-order valence-electron chi connectivity index (χ0n) is 24.3. The van der Waals surface area contributed by atoms with E-state index in [1.54, 1.807) is 0 Å². The summed E-state index contributed by atoms with van der Waals surface area (Å²) >= 11 is 0. The molecule has 0 aliphatic rings. The average Bonchev–Trinajstić information content (AvgIpc) is 3.07. The van der Waals surface area contributed by atoms with Gasteiger partial charge < -0.3 is 14.0 Å². The summed E-state index contributed by atoms with van der Waals surface area (Å²) in [5.74, 6) is -0.268. The number of nitrogens with one attached hydrogen (secondary N) is 2. The highest BCUT2D eigenvalue weighted by atomic mass is 16.7. The predicted molar refractivity (Wildman–Crippen MR) is 169 cm³/mol. The van der Waals surface area contributed by atoms with Gasteiger partial charge in [-0.1, -0.05) is 121 Å². The van der Waals surface area contributed by atoms with Gasteiger partial charge in [-0.2, -0.15) is 0 Å². The van der Waals surface area contributed by atoms with Crippen LogP contribution in [0.1, 0.15) is 28.7 Å². The maximum Gasteiger partial charge on any atom is 0.508 e. The number of aromatic amines is 1. The van der Waals surface area contributed by atoms with E-state index >= 15 is 0 Å². The van der Waals surface area contributed by atoms with Gasteiger partial charge >= 0.3 is 11.8 Å². The number of carbonyl (C=O) groups is 1. The molecule has 1 atom stereocenters. The van der Waals surface area contributed by atoms with E-state index in [2.05, 4.69) is 46.7 Å². The van der Waals surface area contributed by atoms with E-state index in [1.807, 2.05) is 84.9 Å². The summed E-state index contributed by atoms with van der Waals surface area (Å²) in [6.07, 6.45) is 1.22. The lowest BCUT2D eigenvalue weighted by Crippen LogP contribution is -2.45. The van der Waals surface area contributed by atoms with Crippen molar-refractivity contribution in [3.8, 4) is 0 Å². The van der Waals surface area contributed by atoms with E-state index in [-0.39, 0.29) is 25.7 Å². The molecule has 1 unspecified atom stereocenters. The van der Waals surface area contributed by atoms with E-state index in [9.17, 15) is 14.4 Å². The van der Waals surface area contributed by atoms with Gasteiger partial charge in [0.1, 0.15) is 6.61 Å². The van der Waals surface area contributed by atoms with Crippen molar-refractivity contribution in [2.24, 2.45) is 5.92 Å². The number of aromatic nitrogens is 2. The maximum atomic E-state index is 12.5. The Labute approximate surface area is 255 Å². The summed E-state index contributed by atoms with van der Waals surface area (Å²) in [6, 6.07) is 41.4. The molecule has 2 N–H and O–H groups in total. The topological polar surface area (TPSA) is 102 Å². The molecule has 224 valence electrons. The van der Waals surface area contributed by atoms with Crippen molar-refractivity contribution >= 4 is 6.16 Å². The minimum Gasteiger partial charge on any atom is -0.434 e. The zero-order valence-corrected chi connectivity index (χ0v) is 24.3. The number of hydrogen-bond donors (Lipinski definition) is 2. The van der Waals surface area contributed by atoms with Gasteiger partial charge in [-0.3, -0.25) is 15.1 Å². The molecule has 5 aromatic rings. The third-order valence-corrected chi connectivity index (χ3v) is 7.55. The van der Waals surface area contributed by atoms with Gasteiger partial charge in [-0.15, -0.1) is 0 Å². The van der Waals surface area contributed by atoms with E-state index in [0.717, 1.165) is 22.3 Å². The molecule has 1 heterocycles. The molecule has 0 aliphatic carbocycles. The SMILES string of the molecule is O=C(OCc1ccccc1)OCC(CCNC(c1ccccc1)(c1ccccc1)c1ccccc1)Cn1ccc(=O)[nH]c1=O. The van der Waals surface area contributed by atoms with Crippen molar-refractivity contribution in [3.63, 3.8) is 0 Å². The number of nitrogens with zero attached hydrogens (tertiary/aromatic N) is 1. The van der Waals surface area contributed by atoms with Crippen LogP contribution in [-0.2, 0) is 28.2 Å². The third-order valence-electron chi connectivity index (χ3n) is 7.55. The van der Waals surface area contributed by atoms with Crippen LogP contribution in [-0.4, -0.2) is 28.9 Å². The Morgan fingerprint density at radius 2 is 1.25 bits per heavy atom. The Bertz CT molecular complexity index is 1630. The van der Waals surface area contributed by atoms with Crippen LogP contribution >= 0.6 is 0 Å². The molecule has 0 saturated heterocycles. The molecule has 8 heteroatoms. The average molecular weight is 590 g/mol. The van der Waals surface area contributed by atoms with Crippen molar-refractivity contribution in [3.05, 3.63) is 177 Å². The molecule has 4 aromatic carbocycles. The number of benzene rings is 4. The number of rotatable bonds is 13. The van der Waals surface area contributed by atoms with Gasteiger partial charge in [0.15, 0.2) is 0 Å². The second-order valence-corrected chi connectivity index (χ2v) is 10.5. The van der Waals surface area contributed by atoms with Gasteiger partial charge in [0.25, 0.3) is 5.56 Å². The van der Waals surface area contributed by atoms with Crippen LogP contribution in [0.15, 0.2) is 143 Å². The molecule has 5 rings (SSSR count). The monoisotopic (exact) mass is 589 g/mol. The second-order valence-electron chi connectivity index (χ2n) is 10.5. The first-order chi connectivity index (χ1) is 21.5. The van der Waals surface area contributed by atoms with E-state index in [1.165, 1.54) is 16.8 Å². The lowest BCUT2D eigenvalue weighted by atomic mass is 9.77. The number of hydrogen-bond acceptors (Lipinski definition) is 6. The molecular weight excluding hydrogens is 554 g/mol. The van der Waals surface area contributed by atoms with Crippen LogP contribution in [0, 0.1) is 5.92 Å². The Hall–Kier alpha value is -5.21. The standard InChI is InChI=1S/C36H35N3O5/c40-33-22-24-39(34(41)38-33)25-29(27-44-35(42)43-26-28-13-5-1-6-14-28)21-23-37-36(30-15-7-2-8-16-30,31-17-9-3-10-18-31)32-19-11-4-12-20-32/h1-20,22,24,29,37H,21,23,25-27H2,(H,38,40,41). The molecule has 0 fully saturated rings. The van der Waals surface area contributed by atoms with Crippen LogP contribution in [0.4, 0.5) is 4.79 Å². The highest BCUT2D eigenvalue weighted by Crippen LogP contribution is 2.36. The molecule has 44 heavy (non-hydrogen) atoms. The van der Waals surface area contributed by atoms with Crippen molar-refractivity contribution < 1.29 is 14.3 Å². The Morgan fingerprint density at radius 1 is 0.727 bits per heavy atom. The van der Waals surface area contributed by atoms with Gasteiger partial charge in [0.05, 0.1) is 12.1 Å². The molecule has 0 amide bonds. The van der Waals surface area contributed by atoms with Crippen LogP contribution in [0.25, 0.3) is 0 Å². The molecule has 0 saturated carbocycles. The van der Waals surface area contributed by atoms with Crippen molar-refractivity contribution in [2.45, 2.75) is 25.1 Å². The predicted octanol–water partition coefficient (Wildman–Crippen LogP) is 5.48. The van der Waals surface area contributed by atoms with E-state index < -0.39 is 22.9 Å². The van der Waals surface area contributed by atoms with Crippen molar-refractivity contribution in [1.82, 2.24) is 14.9 Å². The first kappa shape index (κ1) is 30.3. The van der Waals surface area contributed by atoms with E-state index in [0.29, 0.717) is 13.0 Å². The molecule has 8 nitrogen and oxygen atoms in total. The largest absolute Gasteiger partial charge is 0.508 e. The summed E-state index contributed by atoms with van der Waals surface area (Å²) in [4.78, 5) is 39.0. The molecular formula is C36H35N3O5. The summed E-state index contributed by atoms with van der Waals surface area (Å²) in [6.45, 7) is 0.872. The van der Waals surface area contributed by atoms with Gasteiger partial charge in [-0.05, 0) is 35.2 Å². The van der Waals surface area contributed by atoms with E-state index in [4.69, 9.17) is 9.47 Å². The lowest BCUT2D eigenvalue weighted by Gasteiger charge is -2.37. The minimum atomic E-state index is -0.784. The summed E-state index contributed by atoms with van der Waals surface area (Å²) in [5.41, 5.74) is 2.42. The molecule has 0 spiro atoms. The molecule has 0 bridgehead atoms. The molecule has 0 radical (unpaired) electrons. The first-order valence-corrected chi connectivity index (χ1v) is 14.6. The third kappa shape index (κ3) is 7.59. The van der Waals surface area contributed by atoms with Crippen LogP contribution in [0.2, 0.25) is 0 Å². The Morgan fingerprint density at radius 3 is 1.77 bits per heavy atom. The lowest BCUT2D eigenvalue weighted by molar-refractivity contribution is 0.0361. The molecule has 0 aliphatic heterocycles. The number of H-pyrrole nitrogens is 1. The van der Waals surface area contributed by atoms with Crippen LogP contribution in [0.5, 0.6) is 0 Å².